The van der Waals surface area contributed by atoms with Crippen molar-refractivity contribution in [2.75, 3.05) is 11.9 Å². The number of anilines is 1. The summed E-state index contributed by atoms with van der Waals surface area (Å²) < 4.78 is 1.82. The molecule has 1 aromatic heterocycles. The highest BCUT2D eigenvalue weighted by Crippen LogP contribution is 2.15. The highest BCUT2D eigenvalue weighted by Gasteiger charge is 2.15. The lowest BCUT2D eigenvalue weighted by atomic mass is 10.2. The van der Waals surface area contributed by atoms with Gasteiger partial charge in [-0.25, -0.2) is 0 Å². The van der Waals surface area contributed by atoms with Crippen molar-refractivity contribution in [3.63, 3.8) is 0 Å². The van der Waals surface area contributed by atoms with Crippen molar-refractivity contribution in [1.29, 1.82) is 0 Å². The van der Waals surface area contributed by atoms with Crippen LogP contribution in [0.25, 0.3) is 0 Å². The Balaban J connectivity index is 1.78. The third-order valence-electron chi connectivity index (χ3n) is 3.51. The van der Waals surface area contributed by atoms with Gasteiger partial charge < -0.3 is 20.3 Å². The fraction of sp³-hybridized carbons (Fsp3) is 0.294. The highest BCUT2D eigenvalue weighted by atomic mass is 16.3. The average molecular weight is 315 g/mol. The van der Waals surface area contributed by atoms with Crippen LogP contribution in [0, 0.1) is 6.92 Å². The minimum Gasteiger partial charge on any atom is -0.387 e. The van der Waals surface area contributed by atoms with Gasteiger partial charge in [-0.15, -0.1) is 0 Å². The monoisotopic (exact) mass is 315 g/mol. The van der Waals surface area contributed by atoms with Crippen molar-refractivity contribution in [2.24, 2.45) is 7.05 Å². The van der Waals surface area contributed by atoms with E-state index in [0.29, 0.717) is 12.1 Å². The number of amides is 2. The van der Waals surface area contributed by atoms with Gasteiger partial charge in [-0.1, -0.05) is 12.1 Å². The van der Waals surface area contributed by atoms with E-state index in [-0.39, 0.29) is 6.54 Å². The lowest BCUT2D eigenvalue weighted by molar-refractivity contribution is -0.136. The number of aromatic nitrogens is 1. The van der Waals surface area contributed by atoms with Gasteiger partial charge in [0.2, 0.25) is 0 Å². The molecule has 1 unspecified atom stereocenters. The predicted molar refractivity (Wildman–Crippen MR) is 87.8 cm³/mol. The van der Waals surface area contributed by atoms with Gasteiger partial charge >= 0.3 is 11.8 Å². The molecule has 0 bridgehead atoms. The number of carbonyl (C=O) groups is 2. The van der Waals surface area contributed by atoms with Crippen LogP contribution in [0.2, 0.25) is 0 Å². The first-order chi connectivity index (χ1) is 11.0. The van der Waals surface area contributed by atoms with Gasteiger partial charge in [0.15, 0.2) is 0 Å². The average Bonchev–Trinajstić information content (AvgIpc) is 2.93. The molecule has 1 heterocycles. The largest absolute Gasteiger partial charge is 0.387 e. The van der Waals surface area contributed by atoms with E-state index in [9.17, 15) is 14.7 Å². The van der Waals surface area contributed by atoms with Crippen LogP contribution in [0.5, 0.6) is 0 Å². The molecule has 0 fully saturated rings. The molecule has 2 rings (SSSR count). The van der Waals surface area contributed by atoms with Gasteiger partial charge in [0.05, 0.1) is 6.10 Å². The predicted octanol–water partition coefficient (Wildman–Crippen LogP) is 1.51. The number of nitrogens with zero attached hydrogens (tertiary/aromatic N) is 1. The van der Waals surface area contributed by atoms with Crippen LogP contribution in [0.1, 0.15) is 23.8 Å². The Kier molecular flexibility index (Phi) is 5.54. The topological polar surface area (TPSA) is 83.4 Å². The Morgan fingerprint density at radius 3 is 2.65 bits per heavy atom. The van der Waals surface area contributed by atoms with Crippen molar-refractivity contribution < 1.29 is 14.7 Å². The van der Waals surface area contributed by atoms with Crippen LogP contribution < -0.4 is 10.6 Å². The maximum absolute atomic E-state index is 11.8. The number of rotatable bonds is 5. The quantitative estimate of drug-likeness (QED) is 0.731. The SMILES string of the molecule is Cc1cccc(NC(=O)C(=O)NCCC(O)c2cccn2C)c1. The van der Waals surface area contributed by atoms with Crippen LogP contribution in [-0.4, -0.2) is 28.0 Å². The minimum atomic E-state index is -0.719. The Hall–Kier alpha value is -2.60. The summed E-state index contributed by atoms with van der Waals surface area (Å²) >= 11 is 0. The molecule has 3 N–H and O–H groups in total. The lowest BCUT2D eigenvalue weighted by Gasteiger charge is -2.12. The second-order valence-corrected chi connectivity index (χ2v) is 5.43. The number of hydrogen-bond donors (Lipinski definition) is 3. The standard InChI is InChI=1S/C17H21N3O3/c1-12-5-3-6-13(11-12)19-17(23)16(22)18-9-8-15(21)14-7-4-10-20(14)2/h3-7,10-11,15,21H,8-9H2,1-2H3,(H,18,22)(H,19,23). The third-order valence-corrected chi connectivity index (χ3v) is 3.51. The number of aliphatic hydroxyl groups excluding tert-OH is 1. The smallest absolute Gasteiger partial charge is 0.313 e. The first kappa shape index (κ1) is 16.8. The number of benzene rings is 1. The van der Waals surface area contributed by atoms with E-state index in [0.717, 1.165) is 11.3 Å². The number of hydrogen-bond acceptors (Lipinski definition) is 3. The molecule has 0 saturated heterocycles. The summed E-state index contributed by atoms with van der Waals surface area (Å²) in [5, 5.41) is 15.1. The molecule has 0 radical (unpaired) electrons. The maximum atomic E-state index is 11.8. The fourth-order valence-electron chi connectivity index (χ4n) is 2.28. The summed E-state index contributed by atoms with van der Waals surface area (Å²) in [7, 11) is 1.84. The Bertz CT molecular complexity index is 694. The van der Waals surface area contributed by atoms with E-state index in [1.807, 2.05) is 42.9 Å². The summed E-state index contributed by atoms with van der Waals surface area (Å²) in [6.07, 6.45) is 1.49. The molecule has 122 valence electrons. The van der Waals surface area contributed by atoms with Crippen LogP contribution in [-0.2, 0) is 16.6 Å². The zero-order valence-corrected chi connectivity index (χ0v) is 13.2. The van der Waals surface area contributed by atoms with Gasteiger partial charge in [-0.3, -0.25) is 9.59 Å². The van der Waals surface area contributed by atoms with Crippen molar-refractivity contribution >= 4 is 17.5 Å². The minimum absolute atomic E-state index is 0.215. The van der Waals surface area contributed by atoms with Crippen molar-refractivity contribution in [1.82, 2.24) is 9.88 Å². The molecule has 6 nitrogen and oxygen atoms in total. The molecule has 6 heteroatoms. The summed E-state index contributed by atoms with van der Waals surface area (Å²) in [5.74, 6) is -1.44. The molecular formula is C17H21N3O3. The molecule has 0 aliphatic rings. The molecule has 0 aliphatic heterocycles. The molecular weight excluding hydrogens is 294 g/mol. The third kappa shape index (κ3) is 4.69. The van der Waals surface area contributed by atoms with Crippen LogP contribution in [0.3, 0.4) is 0 Å². The Morgan fingerprint density at radius 2 is 2.00 bits per heavy atom. The summed E-state index contributed by atoms with van der Waals surface area (Å²) in [6.45, 7) is 2.12. The number of carbonyl (C=O) groups excluding carboxylic acids is 2. The molecule has 0 spiro atoms. The zero-order valence-electron chi connectivity index (χ0n) is 13.2. The zero-order chi connectivity index (χ0) is 16.8. The van der Waals surface area contributed by atoms with E-state index >= 15 is 0 Å². The molecule has 1 atom stereocenters. The molecule has 1 aromatic carbocycles. The Labute approximate surface area is 135 Å². The summed E-state index contributed by atoms with van der Waals surface area (Å²) in [6, 6.07) is 10.9. The highest BCUT2D eigenvalue weighted by molar-refractivity contribution is 6.39. The molecule has 0 saturated carbocycles. The van der Waals surface area contributed by atoms with Gasteiger partial charge in [-0.05, 0) is 43.2 Å². The van der Waals surface area contributed by atoms with Crippen molar-refractivity contribution in [3.8, 4) is 0 Å². The van der Waals surface area contributed by atoms with Gasteiger partial charge in [0, 0.05) is 31.2 Å². The first-order valence-corrected chi connectivity index (χ1v) is 7.42. The van der Waals surface area contributed by atoms with Gasteiger partial charge in [0.25, 0.3) is 0 Å². The molecule has 0 aliphatic carbocycles. The van der Waals surface area contributed by atoms with Gasteiger partial charge in [0.1, 0.15) is 0 Å². The maximum Gasteiger partial charge on any atom is 0.313 e. The van der Waals surface area contributed by atoms with E-state index in [1.165, 1.54) is 0 Å². The second-order valence-electron chi connectivity index (χ2n) is 5.43. The molecule has 2 amide bonds. The second kappa shape index (κ2) is 7.60. The Morgan fingerprint density at radius 1 is 1.22 bits per heavy atom. The number of nitrogens with one attached hydrogen (secondary N) is 2. The number of aliphatic hydroxyl groups is 1. The molecule has 23 heavy (non-hydrogen) atoms. The van der Waals surface area contributed by atoms with Crippen LogP contribution in [0.4, 0.5) is 5.69 Å². The molecule has 2 aromatic rings. The van der Waals surface area contributed by atoms with E-state index in [1.54, 1.807) is 18.2 Å². The number of aryl methyl sites for hydroxylation is 2. The van der Waals surface area contributed by atoms with Crippen LogP contribution in [0.15, 0.2) is 42.6 Å². The summed E-state index contributed by atoms with van der Waals surface area (Å²) in [5.41, 5.74) is 2.34. The van der Waals surface area contributed by atoms with Gasteiger partial charge in [-0.2, -0.15) is 0 Å². The first-order valence-electron chi connectivity index (χ1n) is 7.42. The van der Waals surface area contributed by atoms with Crippen molar-refractivity contribution in [2.45, 2.75) is 19.4 Å². The van der Waals surface area contributed by atoms with Crippen LogP contribution >= 0.6 is 0 Å². The lowest BCUT2D eigenvalue weighted by Crippen LogP contribution is -2.36. The van der Waals surface area contributed by atoms with E-state index in [2.05, 4.69) is 10.6 Å². The van der Waals surface area contributed by atoms with E-state index < -0.39 is 17.9 Å². The summed E-state index contributed by atoms with van der Waals surface area (Å²) in [4.78, 5) is 23.5. The normalized spacial score (nSPS) is 11.8. The van der Waals surface area contributed by atoms with Crippen molar-refractivity contribution in [3.05, 3.63) is 53.9 Å². The fourth-order valence-corrected chi connectivity index (χ4v) is 2.28. The van der Waals surface area contributed by atoms with E-state index in [4.69, 9.17) is 0 Å².